The van der Waals surface area contributed by atoms with Gasteiger partial charge in [-0.15, -0.1) is 22.7 Å². The predicted octanol–water partition coefficient (Wildman–Crippen LogP) is 4.80. The van der Waals surface area contributed by atoms with E-state index in [1.54, 1.807) is 30.6 Å². The molecule has 30 heavy (non-hydrogen) atoms. The Hall–Kier alpha value is -2.62. The van der Waals surface area contributed by atoms with E-state index in [1.807, 2.05) is 41.8 Å². The molecule has 2 aromatic heterocycles. The van der Waals surface area contributed by atoms with Crippen LogP contribution >= 0.6 is 22.7 Å². The first-order chi connectivity index (χ1) is 14.5. The van der Waals surface area contributed by atoms with E-state index >= 15 is 4.39 Å². The number of thiophene rings is 1. The van der Waals surface area contributed by atoms with Gasteiger partial charge in [-0.05, 0) is 11.1 Å². The maximum Gasteiger partial charge on any atom is 0.203 e. The van der Waals surface area contributed by atoms with E-state index in [9.17, 15) is 4.21 Å². The summed E-state index contributed by atoms with van der Waals surface area (Å²) < 4.78 is 29.8. The molecule has 0 fully saturated rings. The zero-order valence-electron chi connectivity index (χ0n) is 15.9. The molecule has 3 heterocycles. The summed E-state index contributed by atoms with van der Waals surface area (Å²) in [6.45, 7) is 0. The van der Waals surface area contributed by atoms with Gasteiger partial charge in [-0.25, -0.2) is 18.6 Å². The molecule has 1 aliphatic heterocycles. The molecule has 0 spiro atoms. The molecule has 0 amide bonds. The summed E-state index contributed by atoms with van der Waals surface area (Å²) >= 11 is 2.95. The van der Waals surface area contributed by atoms with Crippen molar-refractivity contribution in [2.75, 3.05) is 12.8 Å². The summed E-state index contributed by atoms with van der Waals surface area (Å²) in [6.07, 6.45) is 1.79. The van der Waals surface area contributed by atoms with Crippen LogP contribution in [0, 0.1) is 5.82 Å². The fraction of sp³-hybridized carbons (Fsp3) is 0.143. The molecular weight excluding hydrogens is 439 g/mol. The van der Waals surface area contributed by atoms with Crippen molar-refractivity contribution in [1.29, 1.82) is 0 Å². The zero-order valence-corrected chi connectivity index (χ0v) is 18.4. The normalized spacial score (nSPS) is 19.3. The Bertz CT molecular complexity index is 1280. The van der Waals surface area contributed by atoms with Crippen LogP contribution < -0.4 is 5.73 Å². The largest absolute Gasteiger partial charge is 0.369 e. The molecule has 5 nitrogen and oxygen atoms in total. The van der Waals surface area contributed by atoms with Gasteiger partial charge in [0.2, 0.25) is 5.96 Å². The Morgan fingerprint density at radius 1 is 1.20 bits per heavy atom. The summed E-state index contributed by atoms with van der Waals surface area (Å²) in [5, 5.41) is 3.47. The summed E-state index contributed by atoms with van der Waals surface area (Å²) in [7, 11) is 0.303. The van der Waals surface area contributed by atoms with Crippen LogP contribution in [-0.2, 0) is 11.0 Å². The van der Waals surface area contributed by atoms with Crippen LogP contribution in [-0.4, -0.2) is 32.3 Å². The lowest BCUT2D eigenvalue weighted by atomic mass is 10.0. The predicted molar refractivity (Wildman–Crippen MR) is 123 cm³/mol. The fourth-order valence-electron chi connectivity index (χ4n) is 3.47. The molecule has 5 rings (SSSR count). The van der Waals surface area contributed by atoms with Gasteiger partial charge in [0.1, 0.15) is 27.9 Å². The van der Waals surface area contributed by atoms with Crippen molar-refractivity contribution in [2.24, 2.45) is 10.7 Å². The average molecular weight is 457 g/mol. The lowest BCUT2D eigenvalue weighted by Crippen LogP contribution is -2.41. The minimum atomic E-state index is -1.32. The molecule has 0 aliphatic carbocycles. The Morgan fingerprint density at radius 3 is 2.67 bits per heavy atom. The van der Waals surface area contributed by atoms with Crippen LogP contribution in [0.3, 0.4) is 0 Å². The van der Waals surface area contributed by atoms with Gasteiger partial charge in [-0.2, -0.15) is 0 Å². The van der Waals surface area contributed by atoms with E-state index in [-0.39, 0.29) is 17.5 Å². The number of aliphatic imine (C=N–C) groups is 1. The van der Waals surface area contributed by atoms with Crippen molar-refractivity contribution in [1.82, 2.24) is 9.29 Å². The van der Waals surface area contributed by atoms with Gasteiger partial charge in [0.25, 0.3) is 0 Å². The minimum Gasteiger partial charge on any atom is -0.369 e. The molecule has 0 radical (unpaired) electrons. The number of nitrogens with zero attached hydrogens (tertiary/aromatic N) is 3. The summed E-state index contributed by atoms with van der Waals surface area (Å²) in [4.78, 5) is 9.19. The summed E-state index contributed by atoms with van der Waals surface area (Å²) in [5.41, 5.74) is 8.89. The van der Waals surface area contributed by atoms with E-state index in [0.717, 1.165) is 26.4 Å². The first-order valence-corrected chi connectivity index (χ1v) is 12.2. The number of benzene rings is 2. The number of halogens is 1. The van der Waals surface area contributed by atoms with Crippen LogP contribution in [0.4, 0.5) is 4.39 Å². The van der Waals surface area contributed by atoms with Crippen LogP contribution in [0.1, 0.15) is 10.9 Å². The number of rotatable bonds is 3. The second kappa shape index (κ2) is 7.57. The van der Waals surface area contributed by atoms with E-state index in [1.165, 1.54) is 15.6 Å². The van der Waals surface area contributed by atoms with Crippen molar-refractivity contribution < 1.29 is 8.60 Å². The van der Waals surface area contributed by atoms with Crippen LogP contribution in [0.5, 0.6) is 0 Å². The van der Waals surface area contributed by atoms with Gasteiger partial charge in [0.05, 0.1) is 10.6 Å². The van der Waals surface area contributed by atoms with E-state index in [4.69, 9.17) is 5.73 Å². The van der Waals surface area contributed by atoms with E-state index in [0.29, 0.717) is 10.3 Å². The van der Waals surface area contributed by atoms with Crippen LogP contribution in [0.2, 0.25) is 0 Å². The van der Waals surface area contributed by atoms with E-state index < -0.39 is 17.0 Å². The summed E-state index contributed by atoms with van der Waals surface area (Å²) in [6, 6.07) is 13.2. The van der Waals surface area contributed by atoms with Gasteiger partial charge < -0.3 is 5.73 Å². The zero-order chi connectivity index (χ0) is 20.8. The SMILES string of the molecule is CN1C(N)=NC(c2sc3c(-c4ccc(-c5nccs5)cc4)cccc3c2F)CS1=O. The Kier molecular flexibility index (Phi) is 4.88. The van der Waals surface area contributed by atoms with Gasteiger partial charge in [-0.3, -0.25) is 4.31 Å². The number of thiazole rings is 1. The highest BCUT2D eigenvalue weighted by atomic mass is 32.2. The summed E-state index contributed by atoms with van der Waals surface area (Å²) in [5.74, 6) is 0.0810. The van der Waals surface area contributed by atoms with Gasteiger partial charge in [0, 0.05) is 34.3 Å². The van der Waals surface area contributed by atoms with Crippen molar-refractivity contribution >= 4 is 49.7 Å². The first kappa shape index (κ1) is 19.3. The molecule has 2 atom stereocenters. The molecule has 0 saturated carbocycles. The molecule has 4 aromatic rings. The average Bonchev–Trinajstić information content (AvgIpc) is 3.40. The third kappa shape index (κ3) is 3.23. The Balaban J connectivity index is 1.58. The van der Waals surface area contributed by atoms with E-state index in [2.05, 4.69) is 9.98 Å². The molecule has 2 N–H and O–H groups in total. The molecular formula is C21H17FN4OS3. The molecule has 0 saturated heterocycles. The highest BCUT2D eigenvalue weighted by molar-refractivity contribution is 7.83. The van der Waals surface area contributed by atoms with Crippen molar-refractivity contribution in [3.05, 3.63) is 64.7 Å². The molecule has 152 valence electrons. The number of guanidine groups is 1. The topological polar surface area (TPSA) is 71.6 Å². The van der Waals surface area contributed by atoms with Crippen LogP contribution in [0.15, 0.2) is 59.0 Å². The second-order valence-corrected chi connectivity index (χ2v) is 10.3. The minimum absolute atomic E-state index is 0.166. The maximum atomic E-state index is 15.3. The first-order valence-electron chi connectivity index (χ1n) is 9.19. The molecule has 9 heteroatoms. The number of hydrogen-bond acceptors (Lipinski definition) is 6. The lowest BCUT2D eigenvalue weighted by Gasteiger charge is -2.25. The highest BCUT2D eigenvalue weighted by Crippen LogP contribution is 2.42. The number of aromatic nitrogens is 1. The molecule has 0 bridgehead atoms. The van der Waals surface area contributed by atoms with Crippen molar-refractivity contribution in [2.45, 2.75) is 6.04 Å². The lowest BCUT2D eigenvalue weighted by molar-refractivity contribution is 0.592. The Morgan fingerprint density at radius 2 is 1.97 bits per heavy atom. The number of fused-ring (bicyclic) bond motifs is 1. The fourth-order valence-corrected chi connectivity index (χ4v) is 6.47. The van der Waals surface area contributed by atoms with Crippen molar-refractivity contribution in [3.8, 4) is 21.7 Å². The standard InChI is InChI=1S/C21H17FN4OS3/c1-26-21(23)25-16(11-30(26)27)19-17(22)15-4-2-3-14(18(15)29-19)12-5-7-13(8-6-12)20-24-9-10-28-20/h2-10,16H,11H2,1H3,(H2,23,25). The quantitative estimate of drug-likeness (QED) is 0.482. The number of hydrogen-bond donors (Lipinski definition) is 1. The second-order valence-electron chi connectivity index (χ2n) is 6.87. The molecule has 2 aromatic carbocycles. The Labute approximate surface area is 183 Å². The van der Waals surface area contributed by atoms with Crippen molar-refractivity contribution in [3.63, 3.8) is 0 Å². The van der Waals surface area contributed by atoms with Gasteiger partial charge in [0.15, 0.2) is 0 Å². The van der Waals surface area contributed by atoms with Gasteiger partial charge >= 0.3 is 0 Å². The monoisotopic (exact) mass is 456 g/mol. The smallest absolute Gasteiger partial charge is 0.203 e. The number of nitrogens with two attached hydrogens (primary N) is 1. The van der Waals surface area contributed by atoms with Crippen LogP contribution in [0.25, 0.3) is 31.8 Å². The molecule has 2 unspecified atom stereocenters. The van der Waals surface area contributed by atoms with Gasteiger partial charge in [-0.1, -0.05) is 42.5 Å². The maximum absolute atomic E-state index is 15.3. The molecule has 1 aliphatic rings. The highest BCUT2D eigenvalue weighted by Gasteiger charge is 2.29. The third-order valence-corrected chi connectivity index (χ3v) is 8.61. The third-order valence-electron chi connectivity index (χ3n) is 5.07.